The highest BCUT2D eigenvalue weighted by Crippen LogP contribution is 2.44. The Morgan fingerprint density at radius 1 is 0.361 bits per heavy atom. The molecular formula is C58H36N8O6. The number of hydrogen-bond acceptors (Lipinski definition) is 8. The highest BCUT2D eigenvalue weighted by molar-refractivity contribution is 6.07. The van der Waals surface area contributed by atoms with Crippen LogP contribution in [0.2, 0.25) is 0 Å². The summed E-state index contributed by atoms with van der Waals surface area (Å²) in [5, 5.41) is 50.5. The first-order chi connectivity index (χ1) is 35.2. The average Bonchev–Trinajstić information content (AvgIpc) is 4.26. The third-order valence-corrected chi connectivity index (χ3v) is 12.9. The van der Waals surface area contributed by atoms with Gasteiger partial charge in [0.2, 0.25) is 11.8 Å². The number of hydrogen-bond donors (Lipinski definition) is 4. The molecule has 0 fully saturated rings. The van der Waals surface area contributed by atoms with Crippen molar-refractivity contribution in [2.75, 3.05) is 0 Å². The summed E-state index contributed by atoms with van der Waals surface area (Å²) in [5.74, 6) is -1.44. The van der Waals surface area contributed by atoms with E-state index >= 15 is 0 Å². The van der Waals surface area contributed by atoms with Crippen molar-refractivity contribution in [1.29, 1.82) is 0 Å². The van der Waals surface area contributed by atoms with E-state index in [2.05, 4.69) is 9.97 Å². The molecule has 14 nitrogen and oxygen atoms in total. The summed E-state index contributed by atoms with van der Waals surface area (Å²) in [6.45, 7) is 0. The molecular weight excluding hydrogens is 905 g/mol. The zero-order valence-corrected chi connectivity index (χ0v) is 37.7. The first-order valence-corrected chi connectivity index (χ1v) is 22.8. The fourth-order valence-electron chi connectivity index (χ4n) is 9.78. The normalized spacial score (nSPS) is 12.6. The standard InChI is InChI=1S/C58H36N8O6/c67-57-39-21-11-19-35(55(39)65(69)70)36-20-12-22-40(56(36)66(71)72)58(68)64-42-24-10-8-18-38(42)54-48-30-26-44(60-48)51(33-13-3-1-4-14-33)43-25-29-47(59-43)53(37-17-7-9-23-41(37)63-57)49-31-27-45(61-49)52(34-15-5-2-6-16-34)46-28-32-50(54)62-46/h1-32,59,62H,(H,63,67)(H,64,68). The number of rotatable bonds is 4. The van der Waals surface area contributed by atoms with Gasteiger partial charge in [0.1, 0.15) is 11.1 Å². The smallest absolute Gasteiger partial charge is 0.290 e. The number of aromatic amines is 2. The van der Waals surface area contributed by atoms with E-state index in [1.807, 2.05) is 133 Å². The summed E-state index contributed by atoms with van der Waals surface area (Å²) >= 11 is 0. The molecule has 4 aliphatic rings. The summed E-state index contributed by atoms with van der Waals surface area (Å²) in [4.78, 5) is 52.5. The van der Waals surface area contributed by atoms with E-state index in [1.165, 1.54) is 36.4 Å². The Balaban J connectivity index is 1.31. The van der Waals surface area contributed by atoms with Crippen LogP contribution in [0.15, 0.2) is 180 Å². The Bertz CT molecular complexity index is 3810. The molecule has 13 rings (SSSR count). The molecule has 0 radical (unpaired) electrons. The van der Waals surface area contributed by atoms with Crippen molar-refractivity contribution >= 4 is 80.9 Å². The predicted octanol–water partition coefficient (Wildman–Crippen LogP) is 14.4. The summed E-state index contributed by atoms with van der Waals surface area (Å²) in [5.41, 5.74) is 8.92. The van der Waals surface area contributed by atoms with Crippen LogP contribution in [0.4, 0.5) is 22.7 Å². The molecule has 9 aromatic rings. The number of nitrogens with zero attached hydrogens (tertiary/aromatic N) is 6. The summed E-state index contributed by atoms with van der Waals surface area (Å²) in [6, 6.07) is 50.1. The zero-order chi connectivity index (χ0) is 49.0. The van der Waals surface area contributed by atoms with Gasteiger partial charge in [0.15, 0.2) is 0 Å². The molecule has 14 bridgehead atoms. The van der Waals surface area contributed by atoms with Crippen LogP contribution in [-0.2, 0) is 0 Å². The molecule has 72 heavy (non-hydrogen) atoms. The third kappa shape index (κ3) is 7.30. The van der Waals surface area contributed by atoms with Gasteiger partial charge < -0.3 is 20.2 Å². The molecule has 0 saturated carbocycles. The largest absolute Gasteiger partial charge is 0.493 e. The second kappa shape index (κ2) is 17.3. The number of nitrogens with one attached hydrogen (secondary N) is 2. The minimum atomic E-state index is -0.720. The van der Waals surface area contributed by atoms with Gasteiger partial charge in [0, 0.05) is 55.4 Å². The summed E-state index contributed by atoms with van der Waals surface area (Å²) in [7, 11) is 0. The number of aliphatic imine (C=N–C) groups is 2. The van der Waals surface area contributed by atoms with Gasteiger partial charge >= 0.3 is 0 Å². The van der Waals surface area contributed by atoms with Crippen LogP contribution < -0.4 is 0 Å². The molecule has 0 saturated heterocycles. The van der Waals surface area contributed by atoms with E-state index in [0.29, 0.717) is 56.1 Å². The number of aliphatic hydroxyl groups is 2. The minimum Gasteiger partial charge on any atom is -0.493 e. The van der Waals surface area contributed by atoms with Crippen molar-refractivity contribution in [1.82, 2.24) is 19.9 Å². The zero-order valence-electron chi connectivity index (χ0n) is 37.7. The third-order valence-electron chi connectivity index (χ3n) is 12.9. The Morgan fingerprint density at radius 2 is 0.681 bits per heavy atom. The molecule has 344 valence electrons. The lowest BCUT2D eigenvalue weighted by Gasteiger charge is -2.12. The molecule has 0 amide bonds. The van der Waals surface area contributed by atoms with Gasteiger partial charge in [-0.15, -0.1) is 0 Å². The van der Waals surface area contributed by atoms with Crippen molar-refractivity contribution in [3.8, 4) is 55.6 Å². The van der Waals surface area contributed by atoms with Crippen LogP contribution in [0.5, 0.6) is 0 Å². The number of aliphatic hydroxyl groups excluding tert-OH is 2. The Hall–Kier alpha value is -10.3. The second-order valence-electron chi connectivity index (χ2n) is 17.1. The van der Waals surface area contributed by atoms with E-state index in [4.69, 9.17) is 20.0 Å². The monoisotopic (exact) mass is 940 g/mol. The topological polar surface area (TPSA) is 209 Å². The minimum absolute atomic E-state index is 0.196. The number of H-pyrrole nitrogens is 2. The molecule has 0 spiro atoms. The molecule has 6 aromatic carbocycles. The van der Waals surface area contributed by atoms with Crippen molar-refractivity contribution in [2.45, 2.75) is 0 Å². The number of benzene rings is 6. The van der Waals surface area contributed by atoms with Gasteiger partial charge in [-0.05, 0) is 96.1 Å². The predicted molar refractivity (Wildman–Crippen MR) is 283 cm³/mol. The Kier molecular flexibility index (Phi) is 10.3. The maximum absolute atomic E-state index is 13.2. The summed E-state index contributed by atoms with van der Waals surface area (Å²) < 4.78 is 0. The van der Waals surface area contributed by atoms with Crippen molar-refractivity contribution in [3.05, 3.63) is 224 Å². The molecule has 4 aliphatic heterocycles. The fraction of sp³-hybridized carbons (Fsp3) is 0. The van der Waals surface area contributed by atoms with Crippen LogP contribution >= 0.6 is 0 Å². The quantitative estimate of drug-likeness (QED) is 0.0983. The van der Waals surface area contributed by atoms with Crippen LogP contribution in [-0.4, -0.2) is 51.8 Å². The van der Waals surface area contributed by atoms with Gasteiger partial charge in [-0.2, -0.15) is 0 Å². The van der Waals surface area contributed by atoms with Crippen molar-refractivity contribution in [2.24, 2.45) is 9.98 Å². The lowest BCUT2D eigenvalue weighted by atomic mass is 9.96. The van der Waals surface area contributed by atoms with Gasteiger partial charge in [-0.25, -0.2) is 20.0 Å². The van der Waals surface area contributed by atoms with Crippen molar-refractivity contribution < 1.29 is 20.1 Å². The molecule has 0 aliphatic carbocycles. The second-order valence-corrected chi connectivity index (χ2v) is 17.1. The average molecular weight is 941 g/mol. The lowest BCUT2D eigenvalue weighted by molar-refractivity contribution is -0.386. The lowest BCUT2D eigenvalue weighted by Crippen LogP contribution is -2.08. The molecule has 7 heterocycles. The van der Waals surface area contributed by atoms with E-state index in [-0.39, 0.29) is 33.6 Å². The van der Waals surface area contributed by atoms with E-state index in [1.54, 1.807) is 24.3 Å². The van der Waals surface area contributed by atoms with Gasteiger partial charge in [0.25, 0.3) is 11.4 Å². The van der Waals surface area contributed by atoms with E-state index in [0.717, 1.165) is 33.3 Å². The molecule has 4 N–H and O–H groups in total. The van der Waals surface area contributed by atoms with Gasteiger partial charge in [-0.3, -0.25) is 20.2 Å². The maximum atomic E-state index is 13.2. The van der Waals surface area contributed by atoms with Crippen LogP contribution in [0, 0.1) is 20.2 Å². The molecule has 3 aromatic heterocycles. The number of nitro benzene ring substituents is 2. The highest BCUT2D eigenvalue weighted by atomic mass is 16.6. The molecule has 14 heteroatoms. The first-order valence-electron chi connectivity index (χ1n) is 22.8. The van der Waals surface area contributed by atoms with Crippen molar-refractivity contribution in [3.63, 3.8) is 0 Å². The van der Waals surface area contributed by atoms with Gasteiger partial charge in [-0.1, -0.05) is 109 Å². The van der Waals surface area contributed by atoms with Gasteiger partial charge in [0.05, 0.1) is 55.1 Å². The number of para-hydroxylation sites is 4. The highest BCUT2D eigenvalue weighted by Gasteiger charge is 2.32. The SMILES string of the molecule is O=[N+]([O-])c1c2cccc1-c1cccc(c1[N+](=O)[O-])C(O)=Nc1ccccc1-c1c3nc(c(-c4ccccc4)c4ccc([nH]4)c(c4nc(c(-c5ccccc5)c5ccc1[nH]5)C=C4)-c1ccccc1N=C2O)C=C3. The van der Waals surface area contributed by atoms with Crippen LogP contribution in [0.3, 0.4) is 0 Å². The van der Waals surface area contributed by atoms with E-state index < -0.39 is 33.0 Å². The number of nitro groups is 2. The maximum Gasteiger partial charge on any atom is 0.290 e. The van der Waals surface area contributed by atoms with E-state index in [9.17, 15) is 30.4 Å². The molecule has 0 atom stereocenters. The number of aromatic nitrogens is 4. The molecule has 0 unspecified atom stereocenters. The fourth-order valence-corrected chi connectivity index (χ4v) is 9.78. The first kappa shape index (κ1) is 43.0. The Labute approximate surface area is 409 Å². The Morgan fingerprint density at radius 3 is 1.07 bits per heavy atom. The van der Waals surface area contributed by atoms with Crippen LogP contribution in [0.25, 0.3) is 102 Å². The summed E-state index contributed by atoms with van der Waals surface area (Å²) in [6.07, 6.45) is 7.76. The van der Waals surface area contributed by atoms with Crippen LogP contribution in [0.1, 0.15) is 33.9 Å².